The second-order valence-corrected chi connectivity index (χ2v) is 4.92. The van der Waals surface area contributed by atoms with Crippen molar-refractivity contribution in [2.45, 2.75) is 39.2 Å². The summed E-state index contributed by atoms with van der Waals surface area (Å²) in [6, 6.07) is 13.3. The average Bonchev–Trinajstić information content (AvgIpc) is 2.40. The fourth-order valence-electron chi connectivity index (χ4n) is 2.61. The first-order valence-electron chi connectivity index (χ1n) is 7.01. The number of rotatable bonds is 6. The van der Waals surface area contributed by atoms with Crippen molar-refractivity contribution in [3.05, 3.63) is 47.5 Å². The van der Waals surface area contributed by atoms with Crippen LogP contribution in [0.3, 0.4) is 0 Å². The van der Waals surface area contributed by atoms with Crippen LogP contribution < -0.4 is 5.32 Å². The lowest BCUT2D eigenvalue weighted by molar-refractivity contribution is 0.719. The molecule has 2 aromatic carbocycles. The first-order chi connectivity index (χ1) is 8.86. The van der Waals surface area contributed by atoms with Gasteiger partial charge in [0, 0.05) is 6.54 Å². The van der Waals surface area contributed by atoms with Gasteiger partial charge in [0.2, 0.25) is 0 Å². The van der Waals surface area contributed by atoms with Gasteiger partial charge in [-0.1, -0.05) is 56.2 Å². The molecule has 0 saturated heterocycles. The van der Waals surface area contributed by atoms with E-state index in [1.165, 1.54) is 47.6 Å². The van der Waals surface area contributed by atoms with E-state index < -0.39 is 0 Å². The molecule has 0 saturated carbocycles. The normalized spacial score (nSPS) is 11.0. The zero-order valence-electron chi connectivity index (χ0n) is 11.5. The minimum atomic E-state index is 0.947. The third-order valence-electron chi connectivity index (χ3n) is 3.49. The van der Waals surface area contributed by atoms with Gasteiger partial charge in [-0.05, 0) is 41.8 Å². The Morgan fingerprint density at radius 3 is 2.33 bits per heavy atom. The molecule has 0 aliphatic rings. The van der Waals surface area contributed by atoms with Crippen LogP contribution in [0.1, 0.15) is 37.3 Å². The molecule has 1 nitrogen and oxygen atoms in total. The predicted molar refractivity (Wildman–Crippen MR) is 79.9 cm³/mol. The Labute approximate surface area is 110 Å². The molecule has 0 radical (unpaired) electrons. The van der Waals surface area contributed by atoms with E-state index >= 15 is 0 Å². The summed E-state index contributed by atoms with van der Waals surface area (Å²) < 4.78 is 0. The minimum Gasteiger partial charge on any atom is -0.316 e. The smallest absolute Gasteiger partial charge is 0.0208 e. The monoisotopic (exact) mass is 241 g/mol. The number of benzene rings is 2. The standard InChI is InChI=1S/C17H23N/c1-3-4-5-8-14-9-6-10-15-11-7-12-16(13-18-2)17(14)15/h6-7,9-12,18H,3-5,8,13H2,1-2H3. The van der Waals surface area contributed by atoms with E-state index in [0.29, 0.717) is 0 Å². The van der Waals surface area contributed by atoms with Gasteiger partial charge >= 0.3 is 0 Å². The van der Waals surface area contributed by atoms with Gasteiger partial charge in [0.25, 0.3) is 0 Å². The van der Waals surface area contributed by atoms with Gasteiger partial charge in [0.1, 0.15) is 0 Å². The molecule has 0 bridgehead atoms. The van der Waals surface area contributed by atoms with Gasteiger partial charge in [0.05, 0.1) is 0 Å². The lowest BCUT2D eigenvalue weighted by Gasteiger charge is -2.11. The maximum Gasteiger partial charge on any atom is 0.0208 e. The molecule has 1 heteroatoms. The van der Waals surface area contributed by atoms with Crippen LogP contribution in [-0.4, -0.2) is 7.05 Å². The third kappa shape index (κ3) is 2.91. The Morgan fingerprint density at radius 2 is 1.67 bits per heavy atom. The highest BCUT2D eigenvalue weighted by Gasteiger charge is 2.05. The molecule has 96 valence electrons. The highest BCUT2D eigenvalue weighted by molar-refractivity contribution is 5.88. The first kappa shape index (κ1) is 13.1. The Bertz CT molecular complexity index is 497. The molecule has 0 fully saturated rings. The molecule has 0 spiro atoms. The van der Waals surface area contributed by atoms with Gasteiger partial charge in [-0.3, -0.25) is 0 Å². The molecule has 2 rings (SSSR count). The van der Waals surface area contributed by atoms with Crippen molar-refractivity contribution in [3.8, 4) is 0 Å². The molecule has 2 aromatic rings. The summed E-state index contributed by atoms with van der Waals surface area (Å²) in [5.74, 6) is 0. The van der Waals surface area contributed by atoms with Crippen LogP contribution in [0, 0.1) is 0 Å². The topological polar surface area (TPSA) is 12.0 Å². The van der Waals surface area contributed by atoms with Crippen LogP contribution in [0.4, 0.5) is 0 Å². The molecular weight excluding hydrogens is 218 g/mol. The van der Waals surface area contributed by atoms with E-state index in [1.54, 1.807) is 0 Å². The van der Waals surface area contributed by atoms with Crippen molar-refractivity contribution in [3.63, 3.8) is 0 Å². The largest absolute Gasteiger partial charge is 0.316 e. The van der Waals surface area contributed by atoms with E-state index in [4.69, 9.17) is 0 Å². The molecule has 18 heavy (non-hydrogen) atoms. The molecule has 0 heterocycles. The van der Waals surface area contributed by atoms with Gasteiger partial charge < -0.3 is 5.32 Å². The first-order valence-corrected chi connectivity index (χ1v) is 7.01. The maximum atomic E-state index is 3.27. The minimum absolute atomic E-state index is 0.947. The lowest BCUT2D eigenvalue weighted by atomic mass is 9.96. The summed E-state index contributed by atoms with van der Waals surface area (Å²) in [5, 5.41) is 6.11. The van der Waals surface area contributed by atoms with E-state index in [1.807, 2.05) is 7.05 Å². The van der Waals surface area contributed by atoms with Crippen molar-refractivity contribution in [1.29, 1.82) is 0 Å². The zero-order chi connectivity index (χ0) is 12.8. The average molecular weight is 241 g/mol. The molecule has 0 unspecified atom stereocenters. The Hall–Kier alpha value is -1.34. The van der Waals surface area contributed by atoms with Crippen molar-refractivity contribution in [1.82, 2.24) is 5.32 Å². The van der Waals surface area contributed by atoms with Crippen molar-refractivity contribution in [2.24, 2.45) is 0 Å². The van der Waals surface area contributed by atoms with Crippen LogP contribution in [0.5, 0.6) is 0 Å². The molecule has 0 aromatic heterocycles. The molecule has 0 atom stereocenters. The van der Waals surface area contributed by atoms with Crippen molar-refractivity contribution >= 4 is 10.8 Å². The summed E-state index contributed by atoms with van der Waals surface area (Å²) in [6.45, 7) is 3.21. The van der Waals surface area contributed by atoms with E-state index in [0.717, 1.165) is 6.54 Å². The van der Waals surface area contributed by atoms with E-state index in [2.05, 4.69) is 48.6 Å². The molecule has 1 N–H and O–H groups in total. The molecule has 0 aliphatic carbocycles. The van der Waals surface area contributed by atoms with Crippen LogP contribution in [0.25, 0.3) is 10.8 Å². The number of nitrogens with one attached hydrogen (secondary N) is 1. The quantitative estimate of drug-likeness (QED) is 0.744. The maximum absolute atomic E-state index is 3.27. The lowest BCUT2D eigenvalue weighted by Crippen LogP contribution is -2.06. The van der Waals surface area contributed by atoms with Crippen LogP contribution in [-0.2, 0) is 13.0 Å². The fraction of sp³-hybridized carbons (Fsp3) is 0.412. The number of hydrogen-bond donors (Lipinski definition) is 1. The van der Waals surface area contributed by atoms with Gasteiger partial charge in [-0.25, -0.2) is 0 Å². The Kier molecular flexibility index (Phi) is 4.77. The van der Waals surface area contributed by atoms with Gasteiger partial charge in [-0.15, -0.1) is 0 Å². The van der Waals surface area contributed by atoms with Crippen molar-refractivity contribution < 1.29 is 0 Å². The molecule has 0 amide bonds. The fourth-order valence-corrected chi connectivity index (χ4v) is 2.61. The Morgan fingerprint density at radius 1 is 0.944 bits per heavy atom. The second-order valence-electron chi connectivity index (χ2n) is 4.92. The summed E-state index contributed by atoms with van der Waals surface area (Å²) in [5.41, 5.74) is 2.92. The van der Waals surface area contributed by atoms with Crippen LogP contribution in [0.2, 0.25) is 0 Å². The van der Waals surface area contributed by atoms with E-state index in [9.17, 15) is 0 Å². The van der Waals surface area contributed by atoms with Crippen LogP contribution in [0.15, 0.2) is 36.4 Å². The van der Waals surface area contributed by atoms with Gasteiger partial charge in [0.15, 0.2) is 0 Å². The zero-order valence-corrected chi connectivity index (χ0v) is 11.5. The highest BCUT2D eigenvalue weighted by atomic mass is 14.8. The number of unbranched alkanes of at least 4 members (excludes halogenated alkanes) is 2. The van der Waals surface area contributed by atoms with Gasteiger partial charge in [-0.2, -0.15) is 0 Å². The summed E-state index contributed by atoms with van der Waals surface area (Å²) in [6.07, 6.45) is 5.11. The van der Waals surface area contributed by atoms with E-state index in [-0.39, 0.29) is 0 Å². The third-order valence-corrected chi connectivity index (χ3v) is 3.49. The summed E-state index contributed by atoms with van der Waals surface area (Å²) in [7, 11) is 2.01. The van der Waals surface area contributed by atoms with Crippen molar-refractivity contribution in [2.75, 3.05) is 7.05 Å². The highest BCUT2D eigenvalue weighted by Crippen LogP contribution is 2.24. The molecular formula is C17H23N. The number of fused-ring (bicyclic) bond motifs is 1. The molecule has 0 aliphatic heterocycles. The Balaban J connectivity index is 2.38. The second kappa shape index (κ2) is 6.55. The predicted octanol–water partition coefficient (Wildman–Crippen LogP) is 4.29. The number of aryl methyl sites for hydroxylation is 1. The SMILES string of the molecule is CCCCCc1cccc2cccc(CNC)c12. The summed E-state index contributed by atoms with van der Waals surface area (Å²) in [4.78, 5) is 0. The van der Waals surface area contributed by atoms with Crippen LogP contribution >= 0.6 is 0 Å². The number of hydrogen-bond acceptors (Lipinski definition) is 1. The summed E-state index contributed by atoms with van der Waals surface area (Å²) >= 11 is 0.